The molecular weight excluding hydrogens is 326 g/mol. The van der Waals surface area contributed by atoms with Crippen molar-refractivity contribution in [2.75, 3.05) is 14.2 Å². The summed E-state index contributed by atoms with van der Waals surface area (Å²) in [7, 11) is 3.26. The number of guanidine groups is 1. The third kappa shape index (κ3) is 4.49. The second-order valence-electron chi connectivity index (χ2n) is 4.89. The smallest absolute Gasteiger partial charge is 0.217 e. The lowest BCUT2D eigenvalue weighted by atomic mass is 10.1. The minimum atomic E-state index is 0.349. The molecule has 1 N–H and O–H groups in total. The van der Waals surface area contributed by atoms with Crippen molar-refractivity contribution in [3.05, 3.63) is 58.6 Å². The Balaban J connectivity index is 2.20. The van der Waals surface area contributed by atoms with E-state index >= 15 is 0 Å². The summed E-state index contributed by atoms with van der Waals surface area (Å²) in [6, 6.07) is 13.3. The molecule has 24 heavy (non-hydrogen) atoms. The summed E-state index contributed by atoms with van der Waals surface area (Å²) in [5.74, 6) is 1.78. The summed E-state index contributed by atoms with van der Waals surface area (Å²) in [5.41, 5.74) is 1.83. The predicted octanol–water partition coefficient (Wildman–Crippen LogP) is 3.70. The number of hydrogen-bond acceptors (Lipinski definition) is 3. The Morgan fingerprint density at radius 1 is 1.17 bits per heavy atom. The van der Waals surface area contributed by atoms with E-state index in [4.69, 9.17) is 21.1 Å². The van der Waals surface area contributed by atoms with Gasteiger partial charge in [-0.15, -0.1) is 0 Å². The highest BCUT2D eigenvalue weighted by Gasteiger charge is 2.12. The van der Waals surface area contributed by atoms with Gasteiger partial charge in [-0.1, -0.05) is 41.9 Å². The molecule has 0 aliphatic carbocycles. The molecule has 0 saturated heterocycles. The van der Waals surface area contributed by atoms with E-state index in [0.29, 0.717) is 35.6 Å². The van der Waals surface area contributed by atoms with E-state index in [1.54, 1.807) is 14.2 Å². The highest BCUT2D eigenvalue weighted by Crippen LogP contribution is 2.32. The van der Waals surface area contributed by atoms with Gasteiger partial charge in [0, 0.05) is 29.7 Å². The van der Waals surface area contributed by atoms with Crippen molar-refractivity contribution in [2.45, 2.75) is 13.2 Å². The first kappa shape index (κ1) is 17.8. The lowest BCUT2D eigenvalue weighted by molar-refractivity contribution is 0.281. The van der Waals surface area contributed by atoms with Gasteiger partial charge in [-0.2, -0.15) is 0 Å². The van der Waals surface area contributed by atoms with Crippen LogP contribution in [0.5, 0.6) is 11.5 Å². The van der Waals surface area contributed by atoms with Gasteiger partial charge < -0.3 is 14.8 Å². The number of nitrogens with zero attached hydrogens (tertiary/aromatic N) is 2. The maximum absolute atomic E-state index is 6.19. The first-order valence-electron chi connectivity index (χ1n) is 7.39. The minimum Gasteiger partial charge on any atom is -0.493 e. The van der Waals surface area contributed by atoms with Crippen LogP contribution < -0.4 is 14.8 Å². The Hall–Kier alpha value is -2.53. The molecular formula is C18H20ClN3O2. The molecule has 126 valence electrons. The van der Waals surface area contributed by atoms with Crippen LogP contribution in [0.1, 0.15) is 11.1 Å². The Labute approximate surface area is 147 Å². The fraction of sp³-hybridized carbons (Fsp3) is 0.222. The normalized spacial score (nSPS) is 11.0. The number of methoxy groups -OCH3 is 1. The first-order valence-corrected chi connectivity index (χ1v) is 7.76. The van der Waals surface area contributed by atoms with Crippen LogP contribution in [0.15, 0.2) is 52.4 Å². The Morgan fingerprint density at radius 3 is 2.58 bits per heavy atom. The summed E-state index contributed by atoms with van der Waals surface area (Å²) in [6.45, 7) is 4.31. The van der Waals surface area contributed by atoms with Crippen molar-refractivity contribution in [3.8, 4) is 11.5 Å². The number of nitrogens with one attached hydrogen (secondary N) is 1. The Kier molecular flexibility index (Phi) is 6.63. The summed E-state index contributed by atoms with van der Waals surface area (Å²) in [5, 5.41) is 3.77. The quantitative estimate of drug-likeness (QED) is 0.641. The van der Waals surface area contributed by atoms with Crippen LogP contribution >= 0.6 is 11.6 Å². The van der Waals surface area contributed by atoms with E-state index in [1.807, 2.05) is 42.5 Å². The lowest BCUT2D eigenvalue weighted by Crippen LogP contribution is -2.21. The fourth-order valence-electron chi connectivity index (χ4n) is 2.17. The van der Waals surface area contributed by atoms with Crippen LogP contribution in [0, 0.1) is 0 Å². The zero-order chi connectivity index (χ0) is 17.4. The van der Waals surface area contributed by atoms with Gasteiger partial charge >= 0.3 is 0 Å². The van der Waals surface area contributed by atoms with E-state index in [9.17, 15) is 0 Å². The summed E-state index contributed by atoms with van der Waals surface area (Å²) >= 11 is 6.19. The van der Waals surface area contributed by atoms with E-state index in [-0.39, 0.29) is 0 Å². The summed E-state index contributed by atoms with van der Waals surface area (Å²) in [4.78, 5) is 7.78. The molecule has 0 heterocycles. The molecule has 5 nitrogen and oxygen atoms in total. The average molecular weight is 346 g/mol. The van der Waals surface area contributed by atoms with Gasteiger partial charge in [0.2, 0.25) is 5.96 Å². The highest BCUT2D eigenvalue weighted by atomic mass is 35.5. The average Bonchev–Trinajstić information content (AvgIpc) is 2.62. The molecule has 0 unspecified atom stereocenters. The summed E-state index contributed by atoms with van der Waals surface area (Å²) in [6.07, 6.45) is 0. The third-order valence-electron chi connectivity index (χ3n) is 3.41. The van der Waals surface area contributed by atoms with E-state index in [0.717, 1.165) is 11.1 Å². The van der Waals surface area contributed by atoms with E-state index in [1.165, 1.54) is 0 Å². The number of ether oxygens (including phenoxy) is 2. The fourth-order valence-corrected chi connectivity index (χ4v) is 2.36. The minimum absolute atomic E-state index is 0.349. The number of benzene rings is 2. The van der Waals surface area contributed by atoms with Gasteiger partial charge in [0.15, 0.2) is 11.5 Å². The van der Waals surface area contributed by atoms with E-state index < -0.39 is 0 Å². The molecule has 2 aromatic rings. The van der Waals surface area contributed by atoms with Crippen molar-refractivity contribution in [1.29, 1.82) is 0 Å². The Bertz CT molecular complexity index is 732. The van der Waals surface area contributed by atoms with Gasteiger partial charge in [0.1, 0.15) is 6.61 Å². The molecule has 0 spiro atoms. The topological polar surface area (TPSA) is 55.2 Å². The zero-order valence-electron chi connectivity index (χ0n) is 13.8. The maximum atomic E-state index is 6.19. The number of rotatable bonds is 6. The van der Waals surface area contributed by atoms with Crippen molar-refractivity contribution in [2.24, 2.45) is 9.98 Å². The predicted molar refractivity (Wildman–Crippen MR) is 98.5 cm³/mol. The van der Waals surface area contributed by atoms with Crippen LogP contribution in [-0.4, -0.2) is 26.8 Å². The third-order valence-corrected chi connectivity index (χ3v) is 3.78. The van der Waals surface area contributed by atoms with Crippen molar-refractivity contribution in [1.82, 2.24) is 5.32 Å². The van der Waals surface area contributed by atoms with Gasteiger partial charge in [0.05, 0.1) is 7.11 Å². The molecule has 6 heteroatoms. The number of halogens is 1. The van der Waals surface area contributed by atoms with Crippen molar-refractivity contribution in [3.63, 3.8) is 0 Å². The molecule has 0 saturated carbocycles. The van der Waals surface area contributed by atoms with Gasteiger partial charge in [-0.3, -0.25) is 4.99 Å². The second-order valence-corrected chi connectivity index (χ2v) is 5.29. The molecule has 0 fully saturated rings. The molecule has 2 rings (SSSR count). The Morgan fingerprint density at radius 2 is 1.92 bits per heavy atom. The standard InChI is InChI=1S/C18H20ClN3O2/c1-20-18(21-2)22-11-13-8-6-10-16(23-3)17(13)24-12-14-7-4-5-9-15(14)19/h4-10H,1,11-12H2,2-3H3,(H,21,22). The molecule has 0 aliphatic rings. The van der Waals surface area contributed by atoms with Crippen molar-refractivity contribution < 1.29 is 9.47 Å². The second kappa shape index (κ2) is 8.93. The zero-order valence-corrected chi connectivity index (χ0v) is 14.5. The van der Waals surface area contributed by atoms with E-state index in [2.05, 4.69) is 22.0 Å². The molecule has 0 aromatic heterocycles. The molecule has 0 radical (unpaired) electrons. The molecule has 0 amide bonds. The maximum Gasteiger partial charge on any atom is 0.217 e. The number of para-hydroxylation sites is 1. The van der Waals surface area contributed by atoms with Crippen LogP contribution in [-0.2, 0) is 13.2 Å². The number of aliphatic imine (C=N–C) groups is 2. The molecule has 0 atom stereocenters. The first-order chi connectivity index (χ1) is 11.7. The number of hydrogen-bond donors (Lipinski definition) is 1. The van der Waals surface area contributed by atoms with Gasteiger partial charge in [0.25, 0.3) is 0 Å². The van der Waals surface area contributed by atoms with Crippen LogP contribution in [0.25, 0.3) is 0 Å². The van der Waals surface area contributed by atoms with Crippen LogP contribution in [0.2, 0.25) is 5.02 Å². The largest absolute Gasteiger partial charge is 0.493 e. The molecule has 0 aliphatic heterocycles. The summed E-state index contributed by atoms with van der Waals surface area (Å²) < 4.78 is 11.4. The lowest BCUT2D eigenvalue weighted by Gasteiger charge is -2.16. The molecule has 2 aromatic carbocycles. The van der Waals surface area contributed by atoms with Gasteiger partial charge in [-0.05, 0) is 18.9 Å². The van der Waals surface area contributed by atoms with Crippen molar-refractivity contribution >= 4 is 24.3 Å². The SMILES string of the molecule is C=NC(=NC)NCc1cccc(OC)c1OCc1ccccc1Cl. The molecule has 0 bridgehead atoms. The van der Waals surface area contributed by atoms with Crippen LogP contribution in [0.4, 0.5) is 0 Å². The highest BCUT2D eigenvalue weighted by molar-refractivity contribution is 6.31. The van der Waals surface area contributed by atoms with Crippen LogP contribution in [0.3, 0.4) is 0 Å². The monoisotopic (exact) mass is 345 g/mol. The van der Waals surface area contributed by atoms with Gasteiger partial charge in [-0.25, -0.2) is 4.99 Å².